The van der Waals surface area contributed by atoms with Crippen molar-refractivity contribution < 1.29 is 18.3 Å². The second-order valence-corrected chi connectivity index (χ2v) is 12.3. The Morgan fingerprint density at radius 3 is 2.57 bits per heavy atom. The first-order valence-corrected chi connectivity index (χ1v) is 15.2. The number of pyridine rings is 1. The topological polar surface area (TPSA) is 76.5 Å². The molecule has 1 unspecified atom stereocenters. The highest BCUT2D eigenvalue weighted by Gasteiger charge is 2.30. The maximum atomic E-state index is 15.7. The number of amides is 1. The molecule has 7 nitrogen and oxygen atoms in total. The molecule has 3 aromatic heterocycles. The number of nitrogens with zero attached hydrogens (tertiary/aromatic N) is 3. The summed E-state index contributed by atoms with van der Waals surface area (Å²) < 4.78 is 36.7. The molecule has 1 fully saturated rings. The van der Waals surface area contributed by atoms with Gasteiger partial charge in [-0.1, -0.05) is 24.3 Å². The van der Waals surface area contributed by atoms with Crippen LogP contribution in [0.2, 0.25) is 0 Å². The van der Waals surface area contributed by atoms with Gasteiger partial charge in [0.05, 0.1) is 7.11 Å². The lowest BCUT2D eigenvalue weighted by atomic mass is 9.89. The molecule has 0 radical (unpaired) electrons. The zero-order valence-electron chi connectivity index (χ0n) is 23.0. The molecule has 2 aromatic carbocycles. The van der Waals surface area contributed by atoms with Gasteiger partial charge in [-0.15, -0.1) is 22.7 Å². The van der Waals surface area contributed by atoms with Crippen LogP contribution in [0.4, 0.5) is 13.9 Å². The maximum Gasteiger partial charge on any atom is 0.269 e. The quantitative estimate of drug-likeness (QED) is 0.229. The highest BCUT2D eigenvalue weighted by Crippen LogP contribution is 2.36. The van der Waals surface area contributed by atoms with Gasteiger partial charge in [0, 0.05) is 33.6 Å². The third kappa shape index (κ3) is 5.47. The van der Waals surface area contributed by atoms with E-state index in [-0.39, 0.29) is 26.5 Å². The molecule has 6 rings (SSSR count). The van der Waals surface area contributed by atoms with Gasteiger partial charge in [0.2, 0.25) is 0 Å². The molecule has 1 aliphatic rings. The molecule has 1 atom stereocenters. The molecular weight excluding hydrogens is 578 g/mol. The van der Waals surface area contributed by atoms with E-state index in [1.165, 1.54) is 42.3 Å². The zero-order chi connectivity index (χ0) is 29.4. The van der Waals surface area contributed by atoms with E-state index in [0.717, 1.165) is 64.5 Å². The molecule has 216 valence electrons. The largest absolute Gasteiger partial charge is 0.496 e. The maximum absolute atomic E-state index is 15.7. The Hall–Kier alpha value is -3.93. The number of ether oxygens (including phenoxy) is 1. The third-order valence-corrected chi connectivity index (χ3v) is 9.59. The number of benzene rings is 2. The van der Waals surface area contributed by atoms with Gasteiger partial charge in [0.25, 0.3) is 11.5 Å². The number of rotatable bonds is 7. The number of methoxy groups -OCH3 is 1. The van der Waals surface area contributed by atoms with Crippen molar-refractivity contribution in [2.75, 3.05) is 32.6 Å². The normalized spacial score (nSPS) is 15.1. The van der Waals surface area contributed by atoms with Gasteiger partial charge in [-0.05, 0) is 74.3 Å². The smallest absolute Gasteiger partial charge is 0.269 e. The summed E-state index contributed by atoms with van der Waals surface area (Å²) in [6.07, 6.45) is 4.73. The number of hydrogen-bond acceptors (Lipinski definition) is 7. The fraction of sp³-hybridized carbons (Fsp3) is 0.258. The van der Waals surface area contributed by atoms with E-state index >= 15 is 4.39 Å². The Balaban J connectivity index is 1.41. The number of fused-ring (bicyclic) bond motifs is 1. The number of likely N-dealkylation sites (tertiary alicyclic amines) is 1. The second-order valence-electron chi connectivity index (χ2n) is 10.4. The molecule has 1 aliphatic heterocycles. The fourth-order valence-corrected chi connectivity index (χ4v) is 7.13. The van der Waals surface area contributed by atoms with E-state index in [0.29, 0.717) is 5.92 Å². The minimum Gasteiger partial charge on any atom is -0.496 e. The summed E-state index contributed by atoms with van der Waals surface area (Å²) in [7, 11) is 3.51. The summed E-state index contributed by atoms with van der Waals surface area (Å²) in [5.74, 6) is -1.29. The summed E-state index contributed by atoms with van der Waals surface area (Å²) in [6.45, 7) is 2.14. The average Bonchev–Trinajstić information content (AvgIpc) is 3.68. The van der Waals surface area contributed by atoms with Gasteiger partial charge >= 0.3 is 0 Å². The van der Waals surface area contributed by atoms with Crippen LogP contribution in [0.25, 0.3) is 20.5 Å². The van der Waals surface area contributed by atoms with Crippen molar-refractivity contribution in [3.05, 3.63) is 99.4 Å². The number of halogens is 2. The molecule has 0 spiro atoms. The van der Waals surface area contributed by atoms with Crippen LogP contribution in [0.1, 0.15) is 35.9 Å². The molecule has 0 bridgehead atoms. The minimum absolute atomic E-state index is 0.0775. The van der Waals surface area contributed by atoms with Crippen LogP contribution in [0.3, 0.4) is 0 Å². The molecular formula is C31H28F2N4O3S2. The summed E-state index contributed by atoms with van der Waals surface area (Å²) in [4.78, 5) is 34.6. The predicted octanol–water partition coefficient (Wildman–Crippen LogP) is 6.51. The van der Waals surface area contributed by atoms with Crippen molar-refractivity contribution in [1.29, 1.82) is 0 Å². The molecule has 1 N–H and O–H groups in total. The van der Waals surface area contributed by atoms with Crippen molar-refractivity contribution >= 4 is 43.8 Å². The lowest BCUT2D eigenvalue weighted by molar-refractivity contribution is -0.118. The Bertz CT molecular complexity index is 1790. The molecule has 1 saturated heterocycles. The molecule has 0 aliphatic carbocycles. The number of aromatic nitrogens is 2. The Labute approximate surface area is 249 Å². The monoisotopic (exact) mass is 606 g/mol. The third-order valence-electron chi connectivity index (χ3n) is 7.73. The van der Waals surface area contributed by atoms with Crippen LogP contribution in [-0.4, -0.2) is 47.6 Å². The fourth-order valence-electron chi connectivity index (χ4n) is 5.49. The lowest BCUT2D eigenvalue weighted by Gasteiger charge is -2.29. The van der Waals surface area contributed by atoms with Gasteiger partial charge in [-0.25, -0.2) is 13.8 Å². The second kappa shape index (κ2) is 11.7. The summed E-state index contributed by atoms with van der Waals surface area (Å²) in [6, 6.07) is 12.2. The molecule has 11 heteroatoms. The van der Waals surface area contributed by atoms with E-state index in [1.807, 2.05) is 12.1 Å². The molecule has 42 heavy (non-hydrogen) atoms. The van der Waals surface area contributed by atoms with Crippen molar-refractivity contribution in [2.45, 2.75) is 24.8 Å². The van der Waals surface area contributed by atoms with E-state index in [4.69, 9.17) is 4.74 Å². The summed E-state index contributed by atoms with van der Waals surface area (Å²) >= 11 is 2.35. The average molecular weight is 607 g/mol. The number of thiophene rings is 1. The standard InChI is InChI=1S/C31H28F2N4O3S2/c1-36-12-9-19(10-13-36)18-3-5-20(6-4-18)26-16-22-24(33)17-37(30(39)28(22)42-26)27(29(38)35-31-34-11-14-41-31)23-15-21(32)7-8-25(23)40-2/h3-8,11,14-17,19,27H,9-10,12-13H2,1-2H3,(H,34,35,38). The number of carbonyl (C=O) groups is 1. The van der Waals surface area contributed by atoms with Crippen molar-refractivity contribution in [2.24, 2.45) is 0 Å². The number of anilines is 1. The Kier molecular flexibility index (Phi) is 7.89. The van der Waals surface area contributed by atoms with E-state index < -0.39 is 29.1 Å². The minimum atomic E-state index is -1.43. The Morgan fingerprint density at radius 2 is 1.88 bits per heavy atom. The first-order valence-electron chi connectivity index (χ1n) is 13.5. The lowest BCUT2D eigenvalue weighted by Crippen LogP contribution is -2.34. The first-order chi connectivity index (χ1) is 20.3. The van der Waals surface area contributed by atoms with Crippen LogP contribution >= 0.6 is 22.7 Å². The number of nitrogens with one attached hydrogen (secondary N) is 1. The number of piperidine rings is 1. The van der Waals surface area contributed by atoms with Crippen molar-refractivity contribution in [1.82, 2.24) is 14.5 Å². The van der Waals surface area contributed by atoms with Crippen LogP contribution in [0, 0.1) is 11.6 Å². The summed E-state index contributed by atoms with van der Waals surface area (Å²) in [5.41, 5.74) is 1.66. The zero-order valence-corrected chi connectivity index (χ0v) is 24.6. The number of thiazole rings is 1. The number of hydrogen-bond donors (Lipinski definition) is 1. The van der Waals surface area contributed by atoms with Crippen LogP contribution in [0.5, 0.6) is 5.75 Å². The van der Waals surface area contributed by atoms with Crippen LogP contribution < -0.4 is 15.6 Å². The van der Waals surface area contributed by atoms with Gasteiger partial charge in [-0.2, -0.15) is 0 Å². The van der Waals surface area contributed by atoms with Gasteiger partial charge < -0.3 is 9.64 Å². The highest BCUT2D eigenvalue weighted by atomic mass is 32.1. The van der Waals surface area contributed by atoms with E-state index in [1.54, 1.807) is 11.4 Å². The molecule has 0 saturated carbocycles. The highest BCUT2D eigenvalue weighted by molar-refractivity contribution is 7.22. The SMILES string of the molecule is COc1ccc(F)cc1C(C(=O)Nc1nccs1)n1cc(F)c2cc(-c3ccc(C4CCN(C)CC4)cc3)sc2c1=O. The van der Waals surface area contributed by atoms with Crippen LogP contribution in [0.15, 0.2) is 71.1 Å². The van der Waals surface area contributed by atoms with Crippen molar-refractivity contribution in [3.63, 3.8) is 0 Å². The summed E-state index contributed by atoms with van der Waals surface area (Å²) in [5, 5.41) is 4.80. The predicted molar refractivity (Wildman–Crippen MR) is 163 cm³/mol. The first kappa shape index (κ1) is 28.2. The Morgan fingerprint density at radius 1 is 1.12 bits per heavy atom. The van der Waals surface area contributed by atoms with Crippen molar-refractivity contribution in [3.8, 4) is 16.2 Å². The molecule has 5 aromatic rings. The van der Waals surface area contributed by atoms with Gasteiger partial charge in [0.1, 0.15) is 28.1 Å². The molecule has 4 heterocycles. The van der Waals surface area contributed by atoms with Crippen LogP contribution in [-0.2, 0) is 4.79 Å². The van der Waals surface area contributed by atoms with Gasteiger partial charge in [-0.3, -0.25) is 19.5 Å². The number of carbonyl (C=O) groups excluding carboxylic acids is 1. The van der Waals surface area contributed by atoms with Gasteiger partial charge in [0.15, 0.2) is 5.13 Å². The van der Waals surface area contributed by atoms with E-state index in [9.17, 15) is 14.0 Å². The van der Waals surface area contributed by atoms with E-state index in [2.05, 4.69) is 34.4 Å². The molecule has 1 amide bonds.